The maximum Gasteiger partial charge on any atom is 0.254 e. The predicted octanol–water partition coefficient (Wildman–Crippen LogP) is 2.79. The molecule has 1 heterocycles. The van der Waals surface area contributed by atoms with E-state index in [1.165, 1.54) is 0 Å². The van der Waals surface area contributed by atoms with Gasteiger partial charge in [0.2, 0.25) is 0 Å². The summed E-state index contributed by atoms with van der Waals surface area (Å²) >= 11 is 2.22. The first-order valence-corrected chi connectivity index (χ1v) is 7.33. The minimum Gasteiger partial charge on any atom is -0.384 e. The van der Waals surface area contributed by atoms with Gasteiger partial charge in [0.1, 0.15) is 0 Å². The van der Waals surface area contributed by atoms with E-state index in [0.29, 0.717) is 5.92 Å². The molecule has 1 amide bonds. The van der Waals surface area contributed by atoms with Gasteiger partial charge in [-0.2, -0.15) is 0 Å². The van der Waals surface area contributed by atoms with Gasteiger partial charge < -0.3 is 9.64 Å². The van der Waals surface area contributed by atoms with Crippen LogP contribution in [-0.2, 0) is 4.74 Å². The number of likely N-dealkylation sites (tertiary alicyclic amines) is 1. The van der Waals surface area contributed by atoms with Gasteiger partial charge in [-0.05, 0) is 53.5 Å². The van der Waals surface area contributed by atoms with Gasteiger partial charge in [0.05, 0.1) is 12.2 Å². The van der Waals surface area contributed by atoms with Crippen molar-refractivity contribution in [1.82, 2.24) is 4.90 Å². The first-order chi connectivity index (χ1) is 8.72. The number of benzene rings is 1. The van der Waals surface area contributed by atoms with Gasteiger partial charge >= 0.3 is 0 Å². The molecule has 0 spiro atoms. The summed E-state index contributed by atoms with van der Waals surface area (Å²) in [5.74, 6) is 0.634. The number of ether oxygens (including phenoxy) is 1. The van der Waals surface area contributed by atoms with Crippen LogP contribution in [0.1, 0.15) is 23.2 Å². The van der Waals surface area contributed by atoms with Crippen LogP contribution in [0.15, 0.2) is 24.3 Å². The standard InChI is InChI=1S/C14H18INO2/c1-18-10-11-5-4-8-16(9-11)14(17)12-6-2-3-7-13(12)15/h2-3,6-7,11H,4-5,8-10H2,1H3. The molecule has 1 aromatic rings. The number of halogens is 1. The molecular weight excluding hydrogens is 341 g/mol. The van der Waals surface area contributed by atoms with E-state index in [1.54, 1.807) is 7.11 Å². The molecule has 1 saturated heterocycles. The van der Waals surface area contributed by atoms with Crippen LogP contribution in [0.25, 0.3) is 0 Å². The number of carbonyl (C=O) groups excluding carboxylic acids is 1. The van der Waals surface area contributed by atoms with Gasteiger partial charge in [0.15, 0.2) is 0 Å². The third-order valence-electron chi connectivity index (χ3n) is 3.31. The number of amides is 1. The highest BCUT2D eigenvalue weighted by Crippen LogP contribution is 2.20. The van der Waals surface area contributed by atoms with Crippen molar-refractivity contribution >= 4 is 28.5 Å². The highest BCUT2D eigenvalue weighted by molar-refractivity contribution is 14.1. The van der Waals surface area contributed by atoms with Crippen LogP contribution >= 0.6 is 22.6 Å². The fraction of sp³-hybridized carbons (Fsp3) is 0.500. The summed E-state index contributed by atoms with van der Waals surface area (Å²) in [4.78, 5) is 14.4. The van der Waals surface area contributed by atoms with Crippen molar-refractivity contribution in [3.63, 3.8) is 0 Å². The van der Waals surface area contributed by atoms with E-state index < -0.39 is 0 Å². The van der Waals surface area contributed by atoms with Crippen molar-refractivity contribution in [3.8, 4) is 0 Å². The molecule has 0 saturated carbocycles. The normalized spacial score (nSPS) is 19.9. The number of hydrogen-bond donors (Lipinski definition) is 0. The lowest BCUT2D eigenvalue weighted by Crippen LogP contribution is -2.41. The zero-order chi connectivity index (χ0) is 13.0. The molecule has 3 nitrogen and oxygen atoms in total. The van der Waals surface area contributed by atoms with Gasteiger partial charge in [-0.3, -0.25) is 4.79 Å². The summed E-state index contributed by atoms with van der Waals surface area (Å²) in [7, 11) is 1.72. The lowest BCUT2D eigenvalue weighted by Gasteiger charge is -2.32. The van der Waals surface area contributed by atoms with E-state index in [2.05, 4.69) is 22.6 Å². The topological polar surface area (TPSA) is 29.5 Å². The smallest absolute Gasteiger partial charge is 0.254 e. The Balaban J connectivity index is 2.07. The van der Waals surface area contributed by atoms with E-state index in [4.69, 9.17) is 4.74 Å². The molecule has 2 rings (SSSR count). The second kappa shape index (κ2) is 6.52. The summed E-state index contributed by atoms with van der Waals surface area (Å²) in [6.45, 7) is 2.43. The lowest BCUT2D eigenvalue weighted by molar-refractivity contribution is 0.0570. The van der Waals surface area contributed by atoms with Crippen molar-refractivity contribution < 1.29 is 9.53 Å². The molecule has 1 aliphatic rings. The number of piperidine rings is 1. The maximum atomic E-state index is 12.5. The number of hydrogen-bond acceptors (Lipinski definition) is 2. The number of carbonyl (C=O) groups is 1. The molecule has 0 N–H and O–H groups in total. The van der Waals surface area contributed by atoms with Crippen molar-refractivity contribution in [2.75, 3.05) is 26.8 Å². The van der Waals surface area contributed by atoms with E-state index in [1.807, 2.05) is 29.2 Å². The number of methoxy groups -OCH3 is 1. The lowest BCUT2D eigenvalue weighted by atomic mass is 9.98. The van der Waals surface area contributed by atoms with Crippen molar-refractivity contribution in [2.45, 2.75) is 12.8 Å². The minimum absolute atomic E-state index is 0.154. The molecule has 1 aliphatic heterocycles. The van der Waals surface area contributed by atoms with Crippen molar-refractivity contribution in [1.29, 1.82) is 0 Å². The third kappa shape index (κ3) is 3.23. The molecular formula is C14H18INO2. The van der Waals surface area contributed by atoms with Crippen molar-refractivity contribution in [2.24, 2.45) is 5.92 Å². The van der Waals surface area contributed by atoms with Crippen molar-refractivity contribution in [3.05, 3.63) is 33.4 Å². The average Bonchev–Trinajstić information content (AvgIpc) is 2.39. The molecule has 0 aromatic heterocycles. The molecule has 1 aromatic carbocycles. The SMILES string of the molecule is COCC1CCCN(C(=O)c2ccccc2I)C1. The molecule has 0 bridgehead atoms. The third-order valence-corrected chi connectivity index (χ3v) is 4.25. The predicted molar refractivity (Wildman–Crippen MR) is 79.7 cm³/mol. The van der Waals surface area contributed by atoms with Gasteiger partial charge in [-0.1, -0.05) is 12.1 Å². The Kier molecular flexibility index (Phi) is 5.00. The largest absolute Gasteiger partial charge is 0.384 e. The molecule has 1 atom stereocenters. The monoisotopic (exact) mass is 359 g/mol. The van der Waals surface area contributed by atoms with Gasteiger partial charge in [-0.25, -0.2) is 0 Å². The average molecular weight is 359 g/mol. The molecule has 1 fully saturated rings. The molecule has 0 aliphatic carbocycles. The molecule has 18 heavy (non-hydrogen) atoms. The second-order valence-electron chi connectivity index (χ2n) is 4.69. The Morgan fingerprint density at radius 2 is 2.28 bits per heavy atom. The highest BCUT2D eigenvalue weighted by Gasteiger charge is 2.25. The van der Waals surface area contributed by atoms with E-state index in [9.17, 15) is 4.79 Å². The number of nitrogens with zero attached hydrogens (tertiary/aromatic N) is 1. The summed E-state index contributed by atoms with van der Waals surface area (Å²) in [5.41, 5.74) is 0.816. The van der Waals surface area contributed by atoms with E-state index >= 15 is 0 Å². The Morgan fingerprint density at radius 3 is 3.00 bits per heavy atom. The van der Waals surface area contributed by atoms with Crippen LogP contribution in [0, 0.1) is 9.49 Å². The minimum atomic E-state index is 0.154. The van der Waals surface area contributed by atoms with Crippen LogP contribution in [0.4, 0.5) is 0 Å². The quantitative estimate of drug-likeness (QED) is 0.777. The van der Waals surface area contributed by atoms with E-state index in [-0.39, 0.29) is 5.91 Å². The zero-order valence-corrected chi connectivity index (χ0v) is 12.7. The van der Waals surface area contributed by atoms with Gasteiger partial charge in [0.25, 0.3) is 5.91 Å². The number of rotatable bonds is 3. The summed E-state index contributed by atoms with van der Waals surface area (Å²) in [6.07, 6.45) is 2.23. The van der Waals surface area contributed by atoms with Crippen LogP contribution in [-0.4, -0.2) is 37.6 Å². The Morgan fingerprint density at radius 1 is 1.50 bits per heavy atom. The zero-order valence-electron chi connectivity index (χ0n) is 10.6. The Hall–Kier alpha value is -0.620. The highest BCUT2D eigenvalue weighted by atomic mass is 127. The fourth-order valence-corrected chi connectivity index (χ4v) is 3.04. The van der Waals surface area contributed by atoms with Crippen LogP contribution < -0.4 is 0 Å². The van der Waals surface area contributed by atoms with Gasteiger partial charge in [-0.15, -0.1) is 0 Å². The summed E-state index contributed by atoms with van der Waals surface area (Å²) in [5, 5.41) is 0. The Bertz CT molecular complexity index is 420. The molecule has 98 valence electrons. The van der Waals surface area contributed by atoms with Crippen LogP contribution in [0.5, 0.6) is 0 Å². The fourth-order valence-electron chi connectivity index (χ4n) is 2.43. The summed E-state index contributed by atoms with van der Waals surface area (Å²) in [6, 6.07) is 7.77. The summed E-state index contributed by atoms with van der Waals surface area (Å²) < 4.78 is 6.22. The molecule has 0 radical (unpaired) electrons. The maximum absolute atomic E-state index is 12.5. The first-order valence-electron chi connectivity index (χ1n) is 6.25. The van der Waals surface area contributed by atoms with Gasteiger partial charge in [0, 0.05) is 23.8 Å². The Labute approximate surface area is 122 Å². The van der Waals surface area contributed by atoms with E-state index in [0.717, 1.165) is 41.7 Å². The molecule has 1 unspecified atom stereocenters. The van der Waals surface area contributed by atoms with Crippen LogP contribution in [0.3, 0.4) is 0 Å². The second-order valence-corrected chi connectivity index (χ2v) is 5.86. The molecule has 4 heteroatoms. The first kappa shape index (κ1) is 13.8. The van der Waals surface area contributed by atoms with Crippen LogP contribution in [0.2, 0.25) is 0 Å².